The number of rotatable bonds is 8. The highest BCUT2D eigenvalue weighted by Crippen LogP contribution is 2.14. The minimum absolute atomic E-state index is 0.103. The number of carbonyl (C=O) groups is 1. The molecule has 0 saturated carbocycles. The fourth-order valence-corrected chi connectivity index (χ4v) is 2.09. The Labute approximate surface area is 135 Å². The number of halogens is 1. The molecule has 0 saturated heterocycles. The average Bonchev–Trinajstić information content (AvgIpc) is 2.57. The smallest absolute Gasteiger partial charge is 0.251 e. The molecule has 0 fully saturated rings. The van der Waals surface area contributed by atoms with Crippen molar-refractivity contribution < 1.29 is 13.9 Å². The van der Waals surface area contributed by atoms with Crippen LogP contribution in [0.2, 0.25) is 0 Å². The molecule has 0 heterocycles. The lowest BCUT2D eigenvalue weighted by Gasteiger charge is -2.09. The summed E-state index contributed by atoms with van der Waals surface area (Å²) >= 11 is 0. The third-order valence-corrected chi connectivity index (χ3v) is 3.28. The van der Waals surface area contributed by atoms with Crippen LogP contribution in [0.25, 0.3) is 0 Å². The van der Waals surface area contributed by atoms with Crippen LogP contribution in [0.4, 0.5) is 4.39 Å². The number of benzene rings is 2. The summed E-state index contributed by atoms with van der Waals surface area (Å²) in [6, 6.07) is 13.2. The van der Waals surface area contributed by atoms with Crippen LogP contribution in [0.1, 0.15) is 22.3 Å². The highest BCUT2D eigenvalue weighted by atomic mass is 19.1. The Bertz CT molecular complexity index is 646. The molecule has 0 spiro atoms. The highest BCUT2D eigenvalue weighted by molar-refractivity contribution is 5.94. The van der Waals surface area contributed by atoms with Crippen LogP contribution < -0.4 is 15.4 Å². The lowest BCUT2D eigenvalue weighted by molar-refractivity contribution is 0.0953. The summed E-state index contributed by atoms with van der Waals surface area (Å²) in [4.78, 5) is 12.1. The quantitative estimate of drug-likeness (QED) is 0.736. The van der Waals surface area contributed by atoms with Crippen molar-refractivity contribution in [2.75, 3.05) is 20.1 Å². The summed E-state index contributed by atoms with van der Waals surface area (Å²) in [5.74, 6) is 0.0258. The fourth-order valence-electron chi connectivity index (χ4n) is 2.09. The molecule has 2 N–H and O–H groups in total. The van der Waals surface area contributed by atoms with E-state index in [4.69, 9.17) is 4.74 Å². The van der Waals surface area contributed by atoms with E-state index in [0.717, 1.165) is 18.5 Å². The molecule has 0 radical (unpaired) electrons. The molecular weight excluding hydrogens is 295 g/mol. The molecule has 2 aromatic carbocycles. The zero-order valence-corrected chi connectivity index (χ0v) is 13.1. The molecule has 0 aliphatic carbocycles. The number of nitrogens with one attached hydrogen (secondary N) is 2. The number of amides is 1. The van der Waals surface area contributed by atoms with Crippen LogP contribution in [0.15, 0.2) is 48.5 Å². The molecule has 2 rings (SSSR count). The first kappa shape index (κ1) is 17.0. The van der Waals surface area contributed by atoms with Crippen LogP contribution in [0.5, 0.6) is 5.75 Å². The van der Waals surface area contributed by atoms with Gasteiger partial charge in [-0.3, -0.25) is 4.79 Å². The Hall–Kier alpha value is -2.40. The van der Waals surface area contributed by atoms with Gasteiger partial charge >= 0.3 is 0 Å². The van der Waals surface area contributed by atoms with Crippen molar-refractivity contribution in [1.82, 2.24) is 10.6 Å². The fraction of sp³-hybridized carbons (Fsp3) is 0.278. The molecule has 5 heteroatoms. The Kier molecular flexibility index (Phi) is 6.56. The molecule has 2 aromatic rings. The zero-order chi connectivity index (χ0) is 16.5. The van der Waals surface area contributed by atoms with E-state index >= 15 is 0 Å². The summed E-state index contributed by atoms with van der Waals surface area (Å²) < 4.78 is 18.6. The van der Waals surface area contributed by atoms with Gasteiger partial charge in [0.15, 0.2) is 0 Å². The van der Waals surface area contributed by atoms with Crippen LogP contribution >= 0.6 is 0 Å². The first-order valence-corrected chi connectivity index (χ1v) is 7.59. The van der Waals surface area contributed by atoms with Crippen LogP contribution in [0, 0.1) is 5.82 Å². The molecule has 0 aliphatic rings. The number of hydrogen-bond donors (Lipinski definition) is 2. The third-order valence-electron chi connectivity index (χ3n) is 3.28. The van der Waals surface area contributed by atoms with Crippen molar-refractivity contribution in [3.8, 4) is 5.75 Å². The first-order chi connectivity index (χ1) is 11.2. The van der Waals surface area contributed by atoms with E-state index in [9.17, 15) is 9.18 Å². The second-order valence-electron chi connectivity index (χ2n) is 5.16. The third kappa shape index (κ3) is 5.71. The van der Waals surface area contributed by atoms with Crippen molar-refractivity contribution in [2.24, 2.45) is 0 Å². The molecule has 0 aromatic heterocycles. The molecule has 0 atom stereocenters. The van der Waals surface area contributed by atoms with Crippen molar-refractivity contribution in [3.05, 3.63) is 65.5 Å². The lowest BCUT2D eigenvalue weighted by Crippen LogP contribution is -2.26. The number of ether oxygens (including phenoxy) is 1. The van der Waals surface area contributed by atoms with Gasteiger partial charge in [-0.2, -0.15) is 0 Å². The normalized spacial score (nSPS) is 10.3. The van der Waals surface area contributed by atoms with Crippen LogP contribution in [0.3, 0.4) is 0 Å². The summed E-state index contributed by atoms with van der Waals surface area (Å²) in [5, 5.41) is 5.90. The predicted molar refractivity (Wildman–Crippen MR) is 88.1 cm³/mol. The highest BCUT2D eigenvalue weighted by Gasteiger charge is 2.06. The zero-order valence-electron chi connectivity index (χ0n) is 13.1. The van der Waals surface area contributed by atoms with Crippen LogP contribution in [-0.4, -0.2) is 26.0 Å². The maximum atomic E-state index is 13.1. The summed E-state index contributed by atoms with van der Waals surface area (Å²) in [6.45, 7) is 1.77. The SMILES string of the molecule is CNCCCNC(=O)c1cccc(COc2cccc(F)c2)c1. The standard InChI is InChI=1S/C18H21FN2O2/c1-20-9-4-10-21-18(22)15-6-2-5-14(11-15)13-23-17-8-3-7-16(19)12-17/h2-3,5-8,11-12,20H,4,9-10,13H2,1H3,(H,21,22). The monoisotopic (exact) mass is 316 g/mol. The minimum Gasteiger partial charge on any atom is -0.489 e. The van der Waals surface area contributed by atoms with E-state index in [2.05, 4.69) is 10.6 Å². The summed E-state index contributed by atoms with van der Waals surface area (Å²) in [6.07, 6.45) is 0.880. The Balaban J connectivity index is 1.90. The largest absolute Gasteiger partial charge is 0.489 e. The van der Waals surface area contributed by atoms with Gasteiger partial charge in [0.05, 0.1) is 0 Å². The molecule has 4 nitrogen and oxygen atoms in total. The topological polar surface area (TPSA) is 50.4 Å². The predicted octanol–water partition coefficient (Wildman–Crippen LogP) is 2.74. The molecule has 0 aliphatic heterocycles. The molecule has 0 bridgehead atoms. The second kappa shape index (κ2) is 8.90. The van der Waals surface area contributed by atoms with E-state index in [1.54, 1.807) is 24.3 Å². The van der Waals surface area contributed by atoms with Crippen molar-refractivity contribution in [1.29, 1.82) is 0 Å². The Morgan fingerprint density at radius 3 is 2.74 bits per heavy atom. The van der Waals surface area contributed by atoms with Crippen LogP contribution in [-0.2, 0) is 6.61 Å². The van der Waals surface area contributed by atoms with Gasteiger partial charge in [-0.25, -0.2) is 4.39 Å². The van der Waals surface area contributed by atoms with Gasteiger partial charge in [-0.05, 0) is 49.8 Å². The first-order valence-electron chi connectivity index (χ1n) is 7.59. The Morgan fingerprint density at radius 2 is 1.96 bits per heavy atom. The van der Waals surface area contributed by atoms with Crippen molar-refractivity contribution in [3.63, 3.8) is 0 Å². The number of hydrogen-bond acceptors (Lipinski definition) is 3. The minimum atomic E-state index is -0.336. The van der Waals surface area contributed by atoms with Gasteiger partial charge in [0.25, 0.3) is 5.91 Å². The maximum Gasteiger partial charge on any atom is 0.251 e. The van der Waals surface area contributed by atoms with Gasteiger partial charge < -0.3 is 15.4 Å². The van der Waals surface area contributed by atoms with Gasteiger partial charge in [-0.15, -0.1) is 0 Å². The molecule has 122 valence electrons. The van der Waals surface area contributed by atoms with Gasteiger partial charge in [-0.1, -0.05) is 18.2 Å². The lowest BCUT2D eigenvalue weighted by atomic mass is 10.1. The van der Waals surface area contributed by atoms with Gasteiger partial charge in [0, 0.05) is 18.2 Å². The maximum absolute atomic E-state index is 13.1. The molecule has 0 unspecified atom stereocenters. The van der Waals surface area contributed by atoms with E-state index in [-0.39, 0.29) is 18.3 Å². The van der Waals surface area contributed by atoms with E-state index < -0.39 is 0 Å². The van der Waals surface area contributed by atoms with E-state index in [1.807, 2.05) is 19.2 Å². The van der Waals surface area contributed by atoms with E-state index in [0.29, 0.717) is 17.9 Å². The van der Waals surface area contributed by atoms with Gasteiger partial charge in [0.1, 0.15) is 18.2 Å². The Morgan fingerprint density at radius 1 is 1.13 bits per heavy atom. The molecule has 23 heavy (non-hydrogen) atoms. The van der Waals surface area contributed by atoms with Crippen molar-refractivity contribution in [2.45, 2.75) is 13.0 Å². The average molecular weight is 316 g/mol. The second-order valence-corrected chi connectivity index (χ2v) is 5.16. The summed E-state index contributed by atoms with van der Waals surface area (Å²) in [5.41, 5.74) is 1.45. The number of carbonyl (C=O) groups excluding carboxylic acids is 1. The summed E-state index contributed by atoms with van der Waals surface area (Å²) in [7, 11) is 1.88. The van der Waals surface area contributed by atoms with E-state index in [1.165, 1.54) is 12.1 Å². The molecular formula is C18H21FN2O2. The van der Waals surface area contributed by atoms with Gasteiger partial charge in [0.2, 0.25) is 0 Å². The molecule has 1 amide bonds. The van der Waals surface area contributed by atoms with Crippen molar-refractivity contribution >= 4 is 5.91 Å².